The Kier molecular flexibility index (Phi) is 4.17. The number of nitrogens with zero attached hydrogens (tertiary/aromatic N) is 4. The standard InChI is InChI=1S/C10H11N7O3/c18-8(19)7(3-6-4-11-5-13-6)15-10(20)16-9-12-1-2-14-17-9/h1-2,4-5,7H,3H2,(H,11,13)(H,18,19)(H2,12,15,16,17,20)/t7-/m1/s1. The fraction of sp³-hybridized carbons (Fsp3) is 0.200. The highest BCUT2D eigenvalue weighted by Crippen LogP contribution is 2.00. The lowest BCUT2D eigenvalue weighted by Crippen LogP contribution is -2.44. The molecule has 1 atom stereocenters. The van der Waals surface area contributed by atoms with E-state index in [1.54, 1.807) is 0 Å². The van der Waals surface area contributed by atoms with E-state index in [-0.39, 0.29) is 12.4 Å². The summed E-state index contributed by atoms with van der Waals surface area (Å²) in [7, 11) is 0. The molecule has 2 rings (SSSR count). The maximum absolute atomic E-state index is 11.6. The maximum atomic E-state index is 11.6. The third kappa shape index (κ3) is 3.73. The second-order valence-corrected chi connectivity index (χ2v) is 3.74. The van der Waals surface area contributed by atoms with Gasteiger partial charge in [0.1, 0.15) is 6.04 Å². The van der Waals surface area contributed by atoms with E-state index < -0.39 is 18.0 Å². The van der Waals surface area contributed by atoms with Gasteiger partial charge in [-0.15, -0.1) is 5.10 Å². The van der Waals surface area contributed by atoms with E-state index in [0.717, 1.165) is 0 Å². The number of anilines is 1. The van der Waals surface area contributed by atoms with Gasteiger partial charge >= 0.3 is 12.0 Å². The molecule has 0 saturated heterocycles. The number of amides is 2. The monoisotopic (exact) mass is 277 g/mol. The van der Waals surface area contributed by atoms with Crippen LogP contribution in [-0.4, -0.2) is 48.3 Å². The third-order valence-corrected chi connectivity index (χ3v) is 2.29. The highest BCUT2D eigenvalue weighted by Gasteiger charge is 2.21. The number of carbonyl (C=O) groups excluding carboxylic acids is 1. The summed E-state index contributed by atoms with van der Waals surface area (Å²) in [5, 5.41) is 20.7. The molecule has 0 aliphatic carbocycles. The zero-order valence-electron chi connectivity index (χ0n) is 10.1. The van der Waals surface area contributed by atoms with Crippen molar-refractivity contribution in [2.75, 3.05) is 5.32 Å². The van der Waals surface area contributed by atoms with E-state index in [0.29, 0.717) is 5.69 Å². The molecule has 4 N–H and O–H groups in total. The summed E-state index contributed by atoms with van der Waals surface area (Å²) < 4.78 is 0. The molecule has 0 aliphatic heterocycles. The molecule has 0 bridgehead atoms. The van der Waals surface area contributed by atoms with Gasteiger partial charge in [0.05, 0.1) is 18.7 Å². The molecule has 10 heteroatoms. The number of carboxylic acids is 1. The number of carbonyl (C=O) groups is 2. The minimum atomic E-state index is -1.16. The lowest BCUT2D eigenvalue weighted by atomic mass is 10.2. The number of hydrogen-bond donors (Lipinski definition) is 4. The zero-order valence-corrected chi connectivity index (χ0v) is 10.1. The molecule has 2 aromatic rings. The maximum Gasteiger partial charge on any atom is 0.326 e. The Morgan fingerprint density at radius 2 is 2.25 bits per heavy atom. The summed E-state index contributed by atoms with van der Waals surface area (Å²) in [6.07, 6.45) is 5.69. The van der Waals surface area contributed by atoms with E-state index in [1.165, 1.54) is 24.9 Å². The SMILES string of the molecule is O=C(Nc1nccnn1)N[C@H](Cc1cnc[nH]1)C(=O)O. The predicted molar refractivity (Wildman–Crippen MR) is 65.7 cm³/mol. The minimum absolute atomic E-state index is 0.0179. The fourth-order valence-electron chi connectivity index (χ4n) is 1.42. The Hall–Kier alpha value is -3.04. The van der Waals surface area contributed by atoms with Crippen LogP contribution >= 0.6 is 0 Å². The summed E-state index contributed by atoms with van der Waals surface area (Å²) in [4.78, 5) is 33.0. The molecular formula is C10H11N7O3. The van der Waals surface area contributed by atoms with Crippen LogP contribution in [0.2, 0.25) is 0 Å². The summed E-state index contributed by atoms with van der Waals surface area (Å²) in [5.74, 6) is -1.18. The fourth-order valence-corrected chi connectivity index (χ4v) is 1.42. The largest absolute Gasteiger partial charge is 0.480 e. The van der Waals surface area contributed by atoms with Gasteiger partial charge < -0.3 is 15.4 Å². The van der Waals surface area contributed by atoms with Gasteiger partial charge in [-0.2, -0.15) is 5.10 Å². The number of nitrogens with one attached hydrogen (secondary N) is 3. The van der Waals surface area contributed by atoms with Gasteiger partial charge in [0.25, 0.3) is 5.95 Å². The normalized spacial score (nSPS) is 11.6. The summed E-state index contributed by atoms with van der Waals surface area (Å²) >= 11 is 0. The minimum Gasteiger partial charge on any atom is -0.480 e. The quantitative estimate of drug-likeness (QED) is 0.571. The Labute approximate surface area is 112 Å². The van der Waals surface area contributed by atoms with Crippen LogP contribution in [0.1, 0.15) is 5.69 Å². The second kappa shape index (κ2) is 6.22. The summed E-state index contributed by atoms with van der Waals surface area (Å²) in [5.41, 5.74) is 0.593. The molecule has 10 nitrogen and oxygen atoms in total. The molecule has 104 valence electrons. The van der Waals surface area contributed by atoms with Gasteiger partial charge in [-0.3, -0.25) is 5.32 Å². The highest BCUT2D eigenvalue weighted by atomic mass is 16.4. The molecule has 0 aliphatic rings. The van der Waals surface area contributed by atoms with Crippen molar-refractivity contribution < 1.29 is 14.7 Å². The average molecular weight is 277 g/mol. The van der Waals surface area contributed by atoms with E-state index >= 15 is 0 Å². The third-order valence-electron chi connectivity index (χ3n) is 2.29. The highest BCUT2D eigenvalue weighted by molar-refractivity contribution is 5.90. The van der Waals surface area contributed by atoms with E-state index in [2.05, 4.69) is 35.8 Å². The first kappa shape index (κ1) is 13.4. The average Bonchev–Trinajstić information content (AvgIpc) is 2.92. The van der Waals surface area contributed by atoms with Gasteiger partial charge in [-0.1, -0.05) is 0 Å². The van der Waals surface area contributed by atoms with Crippen LogP contribution in [0.25, 0.3) is 0 Å². The zero-order chi connectivity index (χ0) is 14.4. The first-order valence-corrected chi connectivity index (χ1v) is 5.56. The molecule has 2 amide bonds. The molecule has 0 fully saturated rings. The molecule has 2 heterocycles. The van der Waals surface area contributed by atoms with Gasteiger partial charge in [0.2, 0.25) is 0 Å². The van der Waals surface area contributed by atoms with Gasteiger partial charge in [0.15, 0.2) is 0 Å². The molecule has 0 saturated carbocycles. The van der Waals surface area contributed by atoms with Gasteiger partial charge in [-0.05, 0) is 0 Å². The van der Waals surface area contributed by atoms with Gasteiger partial charge in [0, 0.05) is 18.3 Å². The lowest BCUT2D eigenvalue weighted by molar-refractivity contribution is -0.139. The van der Waals surface area contributed by atoms with Crippen LogP contribution in [0.15, 0.2) is 24.9 Å². The smallest absolute Gasteiger partial charge is 0.326 e. The van der Waals surface area contributed by atoms with Crippen LogP contribution in [0, 0.1) is 0 Å². The number of aromatic amines is 1. The van der Waals surface area contributed by atoms with Crippen molar-refractivity contribution in [3.8, 4) is 0 Å². The Balaban J connectivity index is 1.94. The Bertz CT molecular complexity index is 572. The molecule has 0 radical (unpaired) electrons. The number of rotatable bonds is 5. The van der Waals surface area contributed by atoms with Gasteiger partial charge in [-0.25, -0.2) is 19.6 Å². The number of imidazole rings is 1. The topological polar surface area (TPSA) is 146 Å². The van der Waals surface area contributed by atoms with Crippen molar-refractivity contribution >= 4 is 17.9 Å². The van der Waals surface area contributed by atoms with Crippen molar-refractivity contribution in [1.29, 1.82) is 0 Å². The molecule has 0 aromatic carbocycles. The van der Waals surface area contributed by atoms with Crippen LogP contribution in [0.3, 0.4) is 0 Å². The number of carboxylic acid groups (broad SMARTS) is 1. The van der Waals surface area contributed by atoms with Crippen LogP contribution < -0.4 is 10.6 Å². The van der Waals surface area contributed by atoms with Crippen LogP contribution in [0.4, 0.5) is 10.7 Å². The van der Waals surface area contributed by atoms with Crippen molar-refractivity contribution in [1.82, 2.24) is 30.5 Å². The molecule has 0 spiro atoms. The lowest BCUT2D eigenvalue weighted by Gasteiger charge is -2.13. The number of aromatic nitrogens is 5. The number of urea groups is 1. The Morgan fingerprint density at radius 3 is 2.85 bits per heavy atom. The van der Waals surface area contributed by atoms with E-state index in [9.17, 15) is 9.59 Å². The van der Waals surface area contributed by atoms with Crippen molar-refractivity contribution in [3.63, 3.8) is 0 Å². The van der Waals surface area contributed by atoms with E-state index in [4.69, 9.17) is 5.11 Å². The summed E-state index contributed by atoms with van der Waals surface area (Å²) in [6.45, 7) is 0. The number of hydrogen-bond acceptors (Lipinski definition) is 6. The van der Waals surface area contributed by atoms with Crippen molar-refractivity contribution in [2.45, 2.75) is 12.5 Å². The predicted octanol–water partition coefficient (Wildman–Crippen LogP) is -0.588. The van der Waals surface area contributed by atoms with Crippen molar-refractivity contribution in [2.24, 2.45) is 0 Å². The van der Waals surface area contributed by atoms with Crippen LogP contribution in [0.5, 0.6) is 0 Å². The first-order valence-electron chi connectivity index (χ1n) is 5.56. The molecule has 20 heavy (non-hydrogen) atoms. The van der Waals surface area contributed by atoms with Crippen LogP contribution in [-0.2, 0) is 11.2 Å². The molecule has 2 aromatic heterocycles. The molecular weight excluding hydrogens is 266 g/mol. The summed E-state index contributed by atoms with van der Waals surface area (Å²) in [6, 6.07) is -1.84. The number of H-pyrrole nitrogens is 1. The second-order valence-electron chi connectivity index (χ2n) is 3.74. The molecule has 0 unspecified atom stereocenters. The van der Waals surface area contributed by atoms with E-state index in [1.807, 2.05) is 0 Å². The van der Waals surface area contributed by atoms with Crippen molar-refractivity contribution in [3.05, 3.63) is 30.6 Å². The number of aliphatic carboxylic acids is 1. The Morgan fingerprint density at radius 1 is 1.40 bits per heavy atom. The first-order chi connectivity index (χ1) is 9.65.